The van der Waals surface area contributed by atoms with Crippen LogP contribution in [0.15, 0.2) is 54.6 Å². The van der Waals surface area contributed by atoms with E-state index in [1.54, 1.807) is 30.5 Å². The first-order chi connectivity index (χ1) is 12.6. The second-order valence-electron chi connectivity index (χ2n) is 5.90. The third-order valence-electron chi connectivity index (χ3n) is 4.46. The Kier molecular flexibility index (Phi) is 4.02. The molecular formula is C20H14N2O3S. The number of carbonyl (C=O) groups excluding carboxylic acids is 3. The van der Waals surface area contributed by atoms with E-state index in [1.165, 1.54) is 16.3 Å². The highest BCUT2D eigenvalue weighted by Gasteiger charge is 2.56. The van der Waals surface area contributed by atoms with E-state index in [1.807, 2.05) is 30.3 Å². The predicted molar refractivity (Wildman–Crippen MR) is 98.2 cm³/mol. The molecule has 2 aliphatic heterocycles. The van der Waals surface area contributed by atoms with Crippen LogP contribution >= 0.6 is 11.9 Å². The van der Waals surface area contributed by atoms with E-state index in [0.717, 1.165) is 10.5 Å². The van der Waals surface area contributed by atoms with Crippen LogP contribution < -0.4 is 0 Å². The van der Waals surface area contributed by atoms with Crippen molar-refractivity contribution in [2.75, 3.05) is 6.26 Å². The van der Waals surface area contributed by atoms with Gasteiger partial charge in [-0.3, -0.25) is 23.6 Å². The van der Waals surface area contributed by atoms with E-state index >= 15 is 0 Å². The molecule has 0 unspecified atom stereocenters. The first-order valence-electron chi connectivity index (χ1n) is 8.04. The number of fused-ring (bicyclic) bond motifs is 1. The average molecular weight is 362 g/mol. The van der Waals surface area contributed by atoms with Gasteiger partial charge in [-0.2, -0.15) is 0 Å². The molecule has 2 atom stereocenters. The van der Waals surface area contributed by atoms with Crippen molar-refractivity contribution in [3.05, 3.63) is 71.3 Å². The molecule has 6 heteroatoms. The zero-order chi connectivity index (χ0) is 18.3. The van der Waals surface area contributed by atoms with Crippen molar-refractivity contribution in [3.63, 3.8) is 0 Å². The van der Waals surface area contributed by atoms with Crippen molar-refractivity contribution in [2.24, 2.45) is 0 Å². The third kappa shape index (κ3) is 2.40. The number of β-lactam (4-membered cyclic amide) rings is 1. The van der Waals surface area contributed by atoms with Gasteiger partial charge in [-0.1, -0.05) is 42.2 Å². The molecule has 2 heterocycles. The minimum atomic E-state index is -0.883. The van der Waals surface area contributed by atoms with Crippen molar-refractivity contribution < 1.29 is 14.4 Å². The minimum Gasteiger partial charge on any atom is -0.271 e. The van der Waals surface area contributed by atoms with Crippen molar-refractivity contribution >= 4 is 29.7 Å². The lowest BCUT2D eigenvalue weighted by atomic mass is 9.97. The van der Waals surface area contributed by atoms with E-state index in [2.05, 4.69) is 11.8 Å². The van der Waals surface area contributed by atoms with E-state index in [-0.39, 0.29) is 5.91 Å². The standard InChI is InChI=1S/C20H14N2O3S/c1-26-22-16(12-11-13-7-3-2-4-8-13)17(20(22)25)21-18(23)14-9-5-6-10-15(14)19(21)24/h2-10,16-17H,1H3/t16-,17+/m0/s1. The molecule has 3 amide bonds. The van der Waals surface area contributed by atoms with Gasteiger partial charge in [0.1, 0.15) is 6.04 Å². The number of benzene rings is 2. The van der Waals surface area contributed by atoms with Gasteiger partial charge in [-0.25, -0.2) is 0 Å². The molecule has 1 saturated heterocycles. The van der Waals surface area contributed by atoms with Gasteiger partial charge in [0.2, 0.25) is 0 Å². The molecule has 2 aliphatic rings. The van der Waals surface area contributed by atoms with Crippen LogP contribution in [0.25, 0.3) is 0 Å². The smallest absolute Gasteiger partial charge is 0.262 e. The first-order valence-corrected chi connectivity index (χ1v) is 9.22. The van der Waals surface area contributed by atoms with Crippen LogP contribution in [0.4, 0.5) is 0 Å². The number of nitrogens with zero attached hydrogens (tertiary/aromatic N) is 2. The summed E-state index contributed by atoms with van der Waals surface area (Å²) < 4.78 is 1.50. The molecule has 5 nitrogen and oxygen atoms in total. The minimum absolute atomic E-state index is 0.278. The topological polar surface area (TPSA) is 57.7 Å². The number of amides is 3. The second-order valence-corrected chi connectivity index (χ2v) is 6.66. The summed E-state index contributed by atoms with van der Waals surface area (Å²) in [6.07, 6.45) is 1.77. The summed E-state index contributed by atoms with van der Waals surface area (Å²) in [4.78, 5) is 39.0. The Hall–Kier alpha value is -3.04. The van der Waals surface area contributed by atoms with Gasteiger partial charge in [0.15, 0.2) is 6.04 Å². The molecule has 4 rings (SSSR count). The molecule has 0 aliphatic carbocycles. The van der Waals surface area contributed by atoms with Crippen LogP contribution in [0, 0.1) is 11.8 Å². The molecule has 0 radical (unpaired) electrons. The van der Waals surface area contributed by atoms with Gasteiger partial charge < -0.3 is 0 Å². The van der Waals surface area contributed by atoms with Gasteiger partial charge in [-0.15, -0.1) is 0 Å². The van der Waals surface area contributed by atoms with E-state index in [0.29, 0.717) is 11.1 Å². The van der Waals surface area contributed by atoms with Crippen molar-refractivity contribution in [1.82, 2.24) is 9.21 Å². The van der Waals surface area contributed by atoms with Gasteiger partial charge in [0.25, 0.3) is 17.7 Å². The molecule has 1 fully saturated rings. The van der Waals surface area contributed by atoms with Crippen molar-refractivity contribution in [3.8, 4) is 11.8 Å². The van der Waals surface area contributed by atoms with E-state index < -0.39 is 23.9 Å². The molecule has 0 aromatic heterocycles. The lowest BCUT2D eigenvalue weighted by Gasteiger charge is -2.45. The summed E-state index contributed by atoms with van der Waals surface area (Å²) in [5.74, 6) is 4.93. The van der Waals surface area contributed by atoms with Crippen LogP contribution in [0.2, 0.25) is 0 Å². The van der Waals surface area contributed by atoms with Gasteiger partial charge >= 0.3 is 0 Å². The van der Waals surface area contributed by atoms with Crippen LogP contribution in [0.3, 0.4) is 0 Å². The second kappa shape index (κ2) is 6.36. The molecule has 0 saturated carbocycles. The van der Waals surface area contributed by atoms with Crippen LogP contribution in [0.1, 0.15) is 26.3 Å². The Balaban J connectivity index is 1.67. The molecular weight excluding hydrogens is 348 g/mol. The Morgan fingerprint density at radius 2 is 1.46 bits per heavy atom. The molecule has 0 N–H and O–H groups in total. The fourth-order valence-corrected chi connectivity index (χ4v) is 3.86. The zero-order valence-corrected chi connectivity index (χ0v) is 14.7. The summed E-state index contributed by atoms with van der Waals surface area (Å²) in [6.45, 7) is 0. The largest absolute Gasteiger partial charge is 0.271 e. The van der Waals surface area contributed by atoms with Gasteiger partial charge in [-0.05, 0) is 36.2 Å². The Morgan fingerprint density at radius 1 is 0.885 bits per heavy atom. The quantitative estimate of drug-likeness (QED) is 0.356. The summed E-state index contributed by atoms with van der Waals surface area (Å²) in [7, 11) is 0. The van der Waals surface area contributed by atoms with Crippen LogP contribution in [-0.2, 0) is 4.79 Å². The lowest BCUT2D eigenvalue weighted by molar-refractivity contribution is -0.142. The maximum Gasteiger partial charge on any atom is 0.262 e. The Labute approximate surface area is 155 Å². The Morgan fingerprint density at radius 3 is 2.04 bits per heavy atom. The summed E-state index contributed by atoms with van der Waals surface area (Å²) in [6, 6.07) is 14.6. The highest BCUT2D eigenvalue weighted by atomic mass is 32.2. The van der Waals surface area contributed by atoms with Crippen molar-refractivity contribution in [1.29, 1.82) is 0 Å². The predicted octanol–water partition coefficient (Wildman–Crippen LogP) is 2.19. The maximum absolute atomic E-state index is 12.7. The van der Waals surface area contributed by atoms with Crippen molar-refractivity contribution in [2.45, 2.75) is 12.1 Å². The molecule has 0 spiro atoms. The molecule has 26 heavy (non-hydrogen) atoms. The molecule has 2 aromatic carbocycles. The average Bonchev–Trinajstić information content (AvgIpc) is 2.91. The molecule has 0 bridgehead atoms. The number of hydrogen-bond acceptors (Lipinski definition) is 4. The van der Waals surface area contributed by atoms with Crippen LogP contribution in [0.5, 0.6) is 0 Å². The van der Waals surface area contributed by atoms with E-state index in [4.69, 9.17) is 0 Å². The fourth-order valence-electron chi connectivity index (χ4n) is 3.18. The monoisotopic (exact) mass is 362 g/mol. The SMILES string of the molecule is CSN1C(=O)[C@H](N2C(=O)c3ccccc3C2=O)[C@@H]1C#Cc1ccccc1. The number of rotatable bonds is 2. The van der Waals surface area contributed by atoms with Gasteiger partial charge in [0.05, 0.1) is 11.1 Å². The first kappa shape index (κ1) is 16.4. The number of hydrogen-bond donors (Lipinski definition) is 0. The summed E-state index contributed by atoms with van der Waals surface area (Å²) in [5, 5.41) is 0. The maximum atomic E-state index is 12.7. The highest BCUT2D eigenvalue weighted by molar-refractivity contribution is 7.96. The molecule has 2 aromatic rings. The third-order valence-corrected chi connectivity index (χ3v) is 5.26. The number of carbonyl (C=O) groups is 3. The van der Waals surface area contributed by atoms with Crippen LogP contribution in [-0.4, -0.2) is 45.3 Å². The lowest BCUT2D eigenvalue weighted by Crippen LogP contribution is -2.68. The molecule has 128 valence electrons. The van der Waals surface area contributed by atoms with Gasteiger partial charge in [0, 0.05) is 11.8 Å². The Bertz CT molecular complexity index is 942. The summed E-state index contributed by atoms with van der Waals surface area (Å²) in [5.41, 5.74) is 1.49. The fraction of sp³-hybridized carbons (Fsp3) is 0.150. The summed E-state index contributed by atoms with van der Waals surface area (Å²) >= 11 is 1.24. The number of imide groups is 1. The zero-order valence-electron chi connectivity index (χ0n) is 13.9. The normalized spacial score (nSPS) is 21.2. The van der Waals surface area contributed by atoms with E-state index in [9.17, 15) is 14.4 Å². The highest BCUT2D eigenvalue weighted by Crippen LogP contribution is 2.35.